The molecule has 2 fully saturated rings. The number of carbonyl (C=O) groups is 1. The molecule has 0 aliphatic carbocycles. The molecule has 2 heterocycles. The van der Waals surface area contributed by atoms with E-state index in [-0.39, 0.29) is 22.5 Å². The first-order valence-corrected chi connectivity index (χ1v) is 14.1. The van der Waals surface area contributed by atoms with Gasteiger partial charge in [-0.3, -0.25) is 9.69 Å². The van der Waals surface area contributed by atoms with Crippen LogP contribution in [0.25, 0.3) is 0 Å². The number of sulfonamides is 1. The second-order valence-corrected chi connectivity index (χ2v) is 11.8. The molecule has 1 unspecified atom stereocenters. The molecule has 10 heteroatoms. The number of hydrogen-bond donors (Lipinski definition) is 1. The first-order chi connectivity index (χ1) is 16.8. The summed E-state index contributed by atoms with van der Waals surface area (Å²) in [5.41, 5.74) is 1.30. The van der Waals surface area contributed by atoms with Crippen molar-refractivity contribution >= 4 is 44.8 Å². The molecule has 2 aliphatic heterocycles. The average molecular weight is 541 g/mol. The van der Waals surface area contributed by atoms with Gasteiger partial charge in [-0.05, 0) is 62.6 Å². The van der Waals surface area contributed by atoms with Crippen LogP contribution < -0.4 is 10.1 Å². The van der Waals surface area contributed by atoms with E-state index in [9.17, 15) is 13.2 Å². The van der Waals surface area contributed by atoms with Gasteiger partial charge in [0.2, 0.25) is 15.9 Å². The lowest BCUT2D eigenvalue weighted by Crippen LogP contribution is -2.40. The smallest absolute Gasteiger partial charge is 0.246 e. The van der Waals surface area contributed by atoms with Crippen LogP contribution in [-0.4, -0.2) is 56.8 Å². The summed E-state index contributed by atoms with van der Waals surface area (Å²) in [7, 11) is -2.27. The molecule has 0 saturated carbocycles. The minimum Gasteiger partial charge on any atom is -0.495 e. The zero-order valence-corrected chi connectivity index (χ0v) is 22.1. The first-order valence-electron chi connectivity index (χ1n) is 11.9. The number of methoxy groups -OCH3 is 1. The summed E-state index contributed by atoms with van der Waals surface area (Å²) in [6.45, 7) is 2.99. The van der Waals surface area contributed by atoms with Crippen LogP contribution in [0.5, 0.6) is 5.75 Å². The highest BCUT2D eigenvalue weighted by Gasteiger charge is 2.30. The van der Waals surface area contributed by atoms with Gasteiger partial charge in [-0.15, -0.1) is 0 Å². The Kier molecular flexibility index (Phi) is 8.60. The SMILES string of the molecule is COc1ccc(NC(=O)C2CCCN(Cc3c(Cl)cccc3Cl)C2)cc1S(=O)(=O)N1CCCCC1. The van der Waals surface area contributed by atoms with Gasteiger partial charge in [0.05, 0.1) is 13.0 Å². The molecule has 190 valence electrons. The van der Waals surface area contributed by atoms with Crippen molar-refractivity contribution in [2.45, 2.75) is 43.5 Å². The minimum absolute atomic E-state index is 0.0818. The number of hydrogen-bond acceptors (Lipinski definition) is 5. The Morgan fingerprint density at radius 3 is 2.46 bits per heavy atom. The predicted molar refractivity (Wildman–Crippen MR) is 139 cm³/mol. The lowest BCUT2D eigenvalue weighted by molar-refractivity contribution is -0.121. The monoisotopic (exact) mass is 539 g/mol. The van der Waals surface area contributed by atoms with Gasteiger partial charge in [-0.1, -0.05) is 35.7 Å². The highest BCUT2D eigenvalue weighted by atomic mass is 35.5. The number of benzene rings is 2. The maximum absolute atomic E-state index is 13.3. The number of nitrogens with one attached hydrogen (secondary N) is 1. The first kappa shape index (κ1) is 26.2. The summed E-state index contributed by atoms with van der Waals surface area (Å²) in [6, 6.07) is 10.2. The number of nitrogens with zero attached hydrogens (tertiary/aromatic N) is 2. The molecule has 2 saturated heterocycles. The number of amides is 1. The van der Waals surface area contributed by atoms with Gasteiger partial charge in [0, 0.05) is 47.5 Å². The van der Waals surface area contributed by atoms with Gasteiger partial charge in [-0.2, -0.15) is 4.31 Å². The summed E-state index contributed by atoms with van der Waals surface area (Å²) in [4.78, 5) is 15.4. The van der Waals surface area contributed by atoms with Gasteiger partial charge in [0.15, 0.2) is 0 Å². The van der Waals surface area contributed by atoms with E-state index in [1.54, 1.807) is 12.1 Å². The van der Waals surface area contributed by atoms with Crippen LogP contribution in [0.1, 0.15) is 37.7 Å². The molecule has 0 radical (unpaired) electrons. The Bertz CT molecular complexity index is 1150. The quantitative estimate of drug-likeness (QED) is 0.533. The van der Waals surface area contributed by atoms with Crippen molar-refractivity contribution < 1.29 is 17.9 Å². The highest BCUT2D eigenvalue weighted by Crippen LogP contribution is 2.32. The Labute approximate surface area is 217 Å². The lowest BCUT2D eigenvalue weighted by Gasteiger charge is -2.32. The largest absolute Gasteiger partial charge is 0.495 e. The van der Waals surface area contributed by atoms with Crippen LogP contribution in [0, 0.1) is 5.92 Å². The van der Waals surface area contributed by atoms with E-state index in [4.69, 9.17) is 27.9 Å². The highest BCUT2D eigenvalue weighted by molar-refractivity contribution is 7.89. The molecular weight excluding hydrogens is 509 g/mol. The topological polar surface area (TPSA) is 79.0 Å². The van der Waals surface area contributed by atoms with E-state index < -0.39 is 10.0 Å². The van der Waals surface area contributed by atoms with Crippen molar-refractivity contribution in [1.29, 1.82) is 0 Å². The third kappa shape index (κ3) is 6.12. The Hall–Kier alpha value is -1.84. The van der Waals surface area contributed by atoms with Crippen LogP contribution in [0.4, 0.5) is 5.69 Å². The second kappa shape index (κ2) is 11.5. The number of carbonyl (C=O) groups excluding carboxylic acids is 1. The summed E-state index contributed by atoms with van der Waals surface area (Å²) >= 11 is 12.7. The average Bonchev–Trinajstić information content (AvgIpc) is 2.87. The molecule has 2 aliphatic rings. The minimum atomic E-state index is -3.72. The van der Waals surface area contributed by atoms with Crippen LogP contribution >= 0.6 is 23.2 Å². The van der Waals surface area contributed by atoms with Crippen LogP contribution in [0.2, 0.25) is 10.0 Å². The molecule has 4 rings (SSSR count). The Balaban J connectivity index is 1.47. The summed E-state index contributed by atoms with van der Waals surface area (Å²) < 4.78 is 33.4. The number of likely N-dealkylation sites (tertiary alicyclic amines) is 1. The third-order valence-electron chi connectivity index (χ3n) is 6.68. The molecule has 0 spiro atoms. The number of rotatable bonds is 7. The van der Waals surface area contributed by atoms with Gasteiger partial charge in [0.1, 0.15) is 10.6 Å². The fourth-order valence-corrected chi connectivity index (χ4v) is 6.98. The van der Waals surface area contributed by atoms with Crippen molar-refractivity contribution in [3.63, 3.8) is 0 Å². The molecule has 2 aromatic carbocycles. The van der Waals surface area contributed by atoms with E-state index in [1.807, 2.05) is 18.2 Å². The van der Waals surface area contributed by atoms with Crippen molar-refractivity contribution in [2.75, 3.05) is 38.6 Å². The summed E-state index contributed by atoms with van der Waals surface area (Å²) in [5.74, 6) is -0.0882. The predicted octanol–water partition coefficient (Wildman–Crippen LogP) is 5.03. The maximum atomic E-state index is 13.3. The van der Waals surface area contributed by atoms with Gasteiger partial charge in [-0.25, -0.2) is 8.42 Å². The zero-order chi connectivity index (χ0) is 25.0. The van der Waals surface area contributed by atoms with E-state index in [2.05, 4.69) is 10.2 Å². The number of piperidine rings is 2. The lowest BCUT2D eigenvalue weighted by atomic mass is 9.96. The normalized spacial score (nSPS) is 19.9. The third-order valence-corrected chi connectivity index (χ3v) is 9.31. The van der Waals surface area contributed by atoms with Crippen molar-refractivity contribution in [3.8, 4) is 5.75 Å². The molecule has 1 atom stereocenters. The fraction of sp³-hybridized carbons (Fsp3) is 0.480. The fourth-order valence-electron chi connectivity index (χ4n) is 4.76. The van der Waals surface area contributed by atoms with Crippen molar-refractivity contribution in [3.05, 3.63) is 52.0 Å². The molecule has 1 amide bonds. The van der Waals surface area contributed by atoms with Crippen LogP contribution in [0.15, 0.2) is 41.3 Å². The standard InChI is InChI=1S/C25H31Cl2N3O4S/c1-34-23-11-10-19(15-24(23)35(32,33)30-13-3-2-4-14-30)28-25(31)18-7-6-12-29(16-18)17-20-21(26)8-5-9-22(20)27/h5,8-11,15,18H,2-4,6-7,12-14,16-17H2,1H3,(H,28,31). The van der Waals surface area contributed by atoms with E-state index >= 15 is 0 Å². The zero-order valence-electron chi connectivity index (χ0n) is 19.8. The maximum Gasteiger partial charge on any atom is 0.246 e. The van der Waals surface area contributed by atoms with Crippen LogP contribution in [0.3, 0.4) is 0 Å². The summed E-state index contributed by atoms with van der Waals surface area (Å²) in [5, 5.41) is 4.16. The van der Waals surface area contributed by atoms with E-state index in [1.165, 1.54) is 17.5 Å². The van der Waals surface area contributed by atoms with E-state index in [0.717, 1.165) is 44.2 Å². The molecule has 1 N–H and O–H groups in total. The van der Waals surface area contributed by atoms with Gasteiger partial charge >= 0.3 is 0 Å². The molecule has 2 aromatic rings. The van der Waals surface area contributed by atoms with Crippen LogP contribution in [-0.2, 0) is 21.4 Å². The molecular formula is C25H31Cl2N3O4S. The Morgan fingerprint density at radius 2 is 1.77 bits per heavy atom. The number of ether oxygens (including phenoxy) is 1. The summed E-state index contributed by atoms with van der Waals surface area (Å²) in [6.07, 6.45) is 4.34. The molecule has 0 bridgehead atoms. The Morgan fingerprint density at radius 1 is 1.06 bits per heavy atom. The molecule has 0 aromatic heterocycles. The number of halogens is 2. The number of anilines is 1. The molecule has 7 nitrogen and oxygen atoms in total. The van der Waals surface area contributed by atoms with Crippen molar-refractivity contribution in [2.24, 2.45) is 5.92 Å². The second-order valence-electron chi connectivity index (χ2n) is 9.09. The van der Waals surface area contributed by atoms with E-state index in [0.29, 0.717) is 41.9 Å². The molecule has 35 heavy (non-hydrogen) atoms. The van der Waals surface area contributed by atoms with Gasteiger partial charge < -0.3 is 10.1 Å². The van der Waals surface area contributed by atoms with Gasteiger partial charge in [0.25, 0.3) is 0 Å². The van der Waals surface area contributed by atoms with Crippen molar-refractivity contribution in [1.82, 2.24) is 9.21 Å².